The van der Waals surface area contributed by atoms with Crippen molar-refractivity contribution in [2.24, 2.45) is 0 Å². The summed E-state index contributed by atoms with van der Waals surface area (Å²) in [6, 6.07) is 9.07. The van der Waals surface area contributed by atoms with Crippen LogP contribution >= 0.6 is 0 Å². The van der Waals surface area contributed by atoms with E-state index in [1.165, 1.54) is 6.20 Å². The van der Waals surface area contributed by atoms with Crippen molar-refractivity contribution in [2.75, 3.05) is 5.73 Å². The van der Waals surface area contributed by atoms with Gasteiger partial charge in [0.1, 0.15) is 11.6 Å². The summed E-state index contributed by atoms with van der Waals surface area (Å²) in [5, 5.41) is 9.56. The van der Waals surface area contributed by atoms with Crippen LogP contribution in [-0.4, -0.2) is 21.9 Å². The summed E-state index contributed by atoms with van der Waals surface area (Å²) in [5.41, 5.74) is 7.34. The van der Waals surface area contributed by atoms with Crippen LogP contribution in [-0.2, 0) is 4.74 Å². The van der Waals surface area contributed by atoms with Gasteiger partial charge in [-0.25, -0.2) is 4.79 Å². The van der Waals surface area contributed by atoms with Crippen LogP contribution in [0.5, 0.6) is 0 Å². The second kappa shape index (κ2) is 5.87. The minimum Gasteiger partial charge on any atom is -0.444 e. The molecule has 6 nitrogen and oxygen atoms in total. The third-order valence-electron chi connectivity index (χ3n) is 2.78. The average Bonchev–Trinajstić information content (AvgIpc) is 2.81. The number of nitrogens with two attached hydrogens (primary N) is 1. The number of carbonyl (C=O) groups excluding carboxylic acids is 1. The summed E-state index contributed by atoms with van der Waals surface area (Å²) in [6.45, 7) is 5.44. The minimum atomic E-state index is -0.565. The van der Waals surface area contributed by atoms with Crippen molar-refractivity contribution in [3.05, 3.63) is 47.8 Å². The number of nitrogens with one attached hydrogen (secondary N) is 2. The molecule has 6 heteroatoms. The summed E-state index contributed by atoms with van der Waals surface area (Å²) in [7, 11) is 0. The van der Waals surface area contributed by atoms with Gasteiger partial charge in [-0.3, -0.25) is 5.10 Å². The van der Waals surface area contributed by atoms with Gasteiger partial charge < -0.3 is 15.8 Å². The van der Waals surface area contributed by atoms with Crippen LogP contribution in [0.1, 0.15) is 38.1 Å². The lowest BCUT2D eigenvalue weighted by molar-refractivity contribution is 0.0511. The summed E-state index contributed by atoms with van der Waals surface area (Å²) >= 11 is 0. The standard InChI is InChI=1S/C15H20N4O2/c1-15(2,3)21-14(20)18-12(10-7-5-4-6-8-10)13-11(16)9-17-19-13/h4-9,12H,16H2,1-3H3,(H,17,19)(H,18,20). The number of benzene rings is 1. The van der Waals surface area contributed by atoms with E-state index in [-0.39, 0.29) is 0 Å². The number of carbonyl (C=O) groups is 1. The molecule has 2 aromatic rings. The van der Waals surface area contributed by atoms with Gasteiger partial charge in [0.05, 0.1) is 17.6 Å². The van der Waals surface area contributed by atoms with Crippen molar-refractivity contribution in [1.82, 2.24) is 15.5 Å². The van der Waals surface area contributed by atoms with E-state index < -0.39 is 17.7 Å². The molecule has 0 bridgehead atoms. The molecule has 1 amide bonds. The Labute approximate surface area is 123 Å². The molecule has 4 N–H and O–H groups in total. The molecular weight excluding hydrogens is 268 g/mol. The van der Waals surface area contributed by atoms with E-state index in [2.05, 4.69) is 15.5 Å². The number of rotatable bonds is 3. The fourth-order valence-electron chi connectivity index (χ4n) is 1.93. The maximum Gasteiger partial charge on any atom is 0.408 e. The zero-order valence-electron chi connectivity index (χ0n) is 12.4. The van der Waals surface area contributed by atoms with Crippen LogP contribution in [0.25, 0.3) is 0 Å². The molecule has 1 atom stereocenters. The molecule has 0 aliphatic carbocycles. The van der Waals surface area contributed by atoms with Gasteiger partial charge in [0, 0.05) is 0 Å². The quantitative estimate of drug-likeness (QED) is 0.809. The molecular formula is C15H20N4O2. The summed E-state index contributed by atoms with van der Waals surface area (Å²) < 4.78 is 5.30. The molecule has 1 aromatic carbocycles. The number of anilines is 1. The molecule has 1 heterocycles. The minimum absolute atomic E-state index is 0.441. The van der Waals surface area contributed by atoms with E-state index in [1.54, 1.807) is 0 Å². The topological polar surface area (TPSA) is 93.0 Å². The van der Waals surface area contributed by atoms with E-state index in [0.29, 0.717) is 11.4 Å². The Morgan fingerprint density at radius 1 is 1.33 bits per heavy atom. The predicted molar refractivity (Wildman–Crippen MR) is 80.7 cm³/mol. The summed E-state index contributed by atoms with van der Waals surface area (Å²) in [6.07, 6.45) is 1.01. The summed E-state index contributed by atoms with van der Waals surface area (Å²) in [5.74, 6) is 0. The lowest BCUT2D eigenvalue weighted by Crippen LogP contribution is -2.35. The van der Waals surface area contributed by atoms with Crippen LogP contribution < -0.4 is 11.1 Å². The van der Waals surface area contributed by atoms with E-state index in [9.17, 15) is 4.79 Å². The van der Waals surface area contributed by atoms with Gasteiger partial charge in [-0.1, -0.05) is 30.3 Å². The van der Waals surface area contributed by atoms with Gasteiger partial charge in [0.2, 0.25) is 0 Å². The van der Waals surface area contributed by atoms with Gasteiger partial charge in [0.25, 0.3) is 0 Å². The molecule has 0 saturated carbocycles. The molecule has 0 aliphatic rings. The van der Waals surface area contributed by atoms with Crippen LogP contribution in [0.2, 0.25) is 0 Å². The smallest absolute Gasteiger partial charge is 0.408 e. The highest BCUT2D eigenvalue weighted by molar-refractivity contribution is 5.69. The van der Waals surface area contributed by atoms with E-state index in [0.717, 1.165) is 5.56 Å². The lowest BCUT2D eigenvalue weighted by Gasteiger charge is -2.23. The van der Waals surface area contributed by atoms with Gasteiger partial charge >= 0.3 is 6.09 Å². The first-order valence-electron chi connectivity index (χ1n) is 6.70. The average molecular weight is 288 g/mol. The van der Waals surface area contributed by atoms with Crippen LogP contribution in [0, 0.1) is 0 Å². The SMILES string of the molecule is CC(C)(C)OC(=O)NC(c1ccccc1)c1[nH]ncc1N. The Morgan fingerprint density at radius 2 is 2.00 bits per heavy atom. The Morgan fingerprint density at radius 3 is 2.52 bits per heavy atom. The van der Waals surface area contributed by atoms with Crippen molar-refractivity contribution >= 4 is 11.8 Å². The zero-order valence-corrected chi connectivity index (χ0v) is 12.4. The largest absolute Gasteiger partial charge is 0.444 e. The fraction of sp³-hybridized carbons (Fsp3) is 0.333. The van der Waals surface area contributed by atoms with Crippen molar-refractivity contribution in [3.8, 4) is 0 Å². The third-order valence-corrected chi connectivity index (χ3v) is 2.78. The van der Waals surface area contributed by atoms with Crippen molar-refractivity contribution in [3.63, 3.8) is 0 Å². The lowest BCUT2D eigenvalue weighted by atomic mass is 10.0. The molecule has 0 spiro atoms. The highest BCUT2D eigenvalue weighted by Gasteiger charge is 2.24. The van der Waals surface area contributed by atoms with Crippen molar-refractivity contribution in [1.29, 1.82) is 0 Å². The number of aromatic amines is 1. The molecule has 0 fully saturated rings. The molecule has 2 rings (SSSR count). The highest BCUT2D eigenvalue weighted by atomic mass is 16.6. The number of H-pyrrole nitrogens is 1. The van der Waals surface area contributed by atoms with E-state index >= 15 is 0 Å². The molecule has 1 unspecified atom stereocenters. The monoisotopic (exact) mass is 288 g/mol. The van der Waals surface area contributed by atoms with Crippen LogP contribution in [0.15, 0.2) is 36.5 Å². The van der Waals surface area contributed by atoms with E-state index in [4.69, 9.17) is 10.5 Å². The fourth-order valence-corrected chi connectivity index (χ4v) is 1.93. The predicted octanol–water partition coefficient (Wildman–Crippen LogP) is 2.61. The first kappa shape index (κ1) is 14.9. The number of hydrogen-bond acceptors (Lipinski definition) is 4. The van der Waals surface area contributed by atoms with Gasteiger partial charge in [0.15, 0.2) is 0 Å². The number of ether oxygens (including phenoxy) is 1. The third kappa shape index (κ3) is 3.98. The Bertz CT molecular complexity index is 602. The number of nitrogens with zero attached hydrogens (tertiary/aromatic N) is 1. The summed E-state index contributed by atoms with van der Waals surface area (Å²) in [4.78, 5) is 12.0. The maximum atomic E-state index is 12.0. The number of hydrogen-bond donors (Lipinski definition) is 3. The molecule has 0 radical (unpaired) electrons. The molecule has 112 valence electrons. The number of aromatic nitrogens is 2. The van der Waals surface area contributed by atoms with Crippen molar-refractivity contribution < 1.29 is 9.53 Å². The highest BCUT2D eigenvalue weighted by Crippen LogP contribution is 2.25. The maximum absolute atomic E-state index is 12.0. The molecule has 0 saturated heterocycles. The van der Waals surface area contributed by atoms with Gasteiger partial charge in [-0.2, -0.15) is 5.10 Å². The number of amides is 1. The number of alkyl carbamates (subject to hydrolysis) is 1. The Balaban J connectivity index is 2.26. The Kier molecular flexibility index (Phi) is 4.16. The Hall–Kier alpha value is -2.50. The first-order valence-corrected chi connectivity index (χ1v) is 6.70. The molecule has 0 aliphatic heterocycles. The molecule has 21 heavy (non-hydrogen) atoms. The second-order valence-electron chi connectivity index (χ2n) is 5.73. The second-order valence-corrected chi connectivity index (χ2v) is 5.73. The van der Waals surface area contributed by atoms with Crippen LogP contribution in [0.3, 0.4) is 0 Å². The van der Waals surface area contributed by atoms with Gasteiger partial charge in [-0.05, 0) is 26.3 Å². The molecule has 1 aromatic heterocycles. The van der Waals surface area contributed by atoms with Crippen LogP contribution in [0.4, 0.5) is 10.5 Å². The first-order chi connectivity index (χ1) is 9.87. The zero-order chi connectivity index (χ0) is 15.5. The number of nitrogen functional groups attached to an aromatic ring is 1. The normalized spacial score (nSPS) is 12.7. The van der Waals surface area contributed by atoms with Crippen molar-refractivity contribution in [2.45, 2.75) is 32.4 Å². The van der Waals surface area contributed by atoms with Gasteiger partial charge in [-0.15, -0.1) is 0 Å². The van der Waals surface area contributed by atoms with E-state index in [1.807, 2.05) is 51.1 Å².